The van der Waals surface area contributed by atoms with E-state index >= 15 is 0 Å². The Morgan fingerprint density at radius 3 is 2.65 bits per heavy atom. The third-order valence-corrected chi connectivity index (χ3v) is 4.72. The molecule has 23 heavy (non-hydrogen) atoms. The predicted octanol–water partition coefficient (Wildman–Crippen LogP) is 4.63. The van der Waals surface area contributed by atoms with Gasteiger partial charge in [0.2, 0.25) is 5.91 Å². The summed E-state index contributed by atoms with van der Waals surface area (Å²) in [6.07, 6.45) is 1.89. The van der Waals surface area contributed by atoms with Gasteiger partial charge in [-0.3, -0.25) is 4.79 Å². The number of hydrogen-bond acceptors (Lipinski definition) is 2. The largest absolute Gasteiger partial charge is 0.355 e. The van der Waals surface area contributed by atoms with Gasteiger partial charge in [0.15, 0.2) is 0 Å². The topological polar surface area (TPSA) is 29.1 Å². The van der Waals surface area contributed by atoms with Crippen LogP contribution in [0.3, 0.4) is 0 Å². The summed E-state index contributed by atoms with van der Waals surface area (Å²) < 4.78 is 0. The molecule has 0 aromatic heterocycles. The molecule has 0 aliphatic carbocycles. The molecular formula is C19H22ClNOS. The van der Waals surface area contributed by atoms with E-state index in [9.17, 15) is 4.79 Å². The Morgan fingerprint density at radius 2 is 1.91 bits per heavy atom. The molecule has 0 bridgehead atoms. The van der Waals surface area contributed by atoms with Crippen molar-refractivity contribution in [3.8, 4) is 0 Å². The maximum absolute atomic E-state index is 11.8. The number of nitrogens with one attached hydrogen (secondary N) is 1. The van der Waals surface area contributed by atoms with Crippen molar-refractivity contribution in [2.24, 2.45) is 0 Å². The van der Waals surface area contributed by atoms with Crippen LogP contribution in [0.4, 0.5) is 0 Å². The second-order valence-corrected chi connectivity index (χ2v) is 6.98. The van der Waals surface area contributed by atoms with Crippen LogP contribution in [0.5, 0.6) is 0 Å². The lowest BCUT2D eigenvalue weighted by atomic mass is 10.1. The first-order chi connectivity index (χ1) is 11.1. The van der Waals surface area contributed by atoms with Crippen LogP contribution in [0.15, 0.2) is 48.5 Å². The first-order valence-corrected chi connectivity index (χ1v) is 9.31. The third-order valence-electron chi connectivity index (χ3n) is 3.46. The lowest BCUT2D eigenvalue weighted by Crippen LogP contribution is -2.26. The molecule has 4 heteroatoms. The van der Waals surface area contributed by atoms with E-state index in [1.807, 2.05) is 24.3 Å². The van der Waals surface area contributed by atoms with Gasteiger partial charge in [0.1, 0.15) is 0 Å². The minimum absolute atomic E-state index is 0.110. The Kier molecular flexibility index (Phi) is 7.50. The van der Waals surface area contributed by atoms with Crippen molar-refractivity contribution in [1.82, 2.24) is 5.32 Å². The lowest BCUT2D eigenvalue weighted by Gasteiger charge is -2.06. The summed E-state index contributed by atoms with van der Waals surface area (Å²) in [6, 6.07) is 16.3. The minimum atomic E-state index is 0.110. The molecule has 0 heterocycles. The zero-order valence-corrected chi connectivity index (χ0v) is 14.9. The fourth-order valence-electron chi connectivity index (χ4n) is 2.29. The highest BCUT2D eigenvalue weighted by atomic mass is 35.5. The Hall–Kier alpha value is -1.45. The summed E-state index contributed by atoms with van der Waals surface area (Å²) in [4.78, 5) is 11.8. The molecule has 0 aliphatic rings. The molecule has 2 rings (SSSR count). The number of carbonyl (C=O) groups excluding carboxylic acids is 1. The molecule has 1 N–H and O–H groups in total. The predicted molar refractivity (Wildman–Crippen MR) is 100 cm³/mol. The molecule has 0 saturated carbocycles. The quantitative estimate of drug-likeness (QED) is 0.705. The van der Waals surface area contributed by atoms with E-state index < -0.39 is 0 Å². The van der Waals surface area contributed by atoms with Crippen LogP contribution >= 0.6 is 23.4 Å². The van der Waals surface area contributed by atoms with Crippen LogP contribution in [0.1, 0.15) is 23.1 Å². The lowest BCUT2D eigenvalue weighted by molar-refractivity contribution is -0.118. The van der Waals surface area contributed by atoms with Gasteiger partial charge in [-0.2, -0.15) is 0 Å². The van der Waals surface area contributed by atoms with Crippen LogP contribution in [0.25, 0.3) is 0 Å². The Morgan fingerprint density at radius 1 is 1.13 bits per heavy atom. The van der Waals surface area contributed by atoms with E-state index in [0.29, 0.717) is 12.3 Å². The summed E-state index contributed by atoms with van der Waals surface area (Å²) in [6.45, 7) is 2.80. The highest BCUT2D eigenvalue weighted by Crippen LogP contribution is 2.13. The Labute approximate surface area is 147 Å². The van der Waals surface area contributed by atoms with Crippen LogP contribution in [-0.2, 0) is 17.0 Å². The molecule has 2 aromatic carbocycles. The number of hydrogen-bond donors (Lipinski definition) is 1. The summed E-state index contributed by atoms with van der Waals surface area (Å²) >= 11 is 7.51. The second kappa shape index (κ2) is 9.64. The molecule has 122 valence electrons. The van der Waals surface area contributed by atoms with Gasteiger partial charge in [0.25, 0.3) is 0 Å². The number of amides is 1. The van der Waals surface area contributed by atoms with E-state index in [1.54, 1.807) is 11.8 Å². The standard InChI is InChI=1S/C19H22ClNOS/c1-15-4-2-5-17(12-15)13-23-14-19(22)21-11-3-6-16-7-9-18(20)10-8-16/h2,4-5,7-10,12H,3,6,11,13-14H2,1H3,(H,21,22). The molecular weight excluding hydrogens is 326 g/mol. The molecule has 2 aromatic rings. The molecule has 0 unspecified atom stereocenters. The molecule has 0 aliphatic heterocycles. The Balaban J connectivity index is 1.57. The molecule has 2 nitrogen and oxygen atoms in total. The van der Waals surface area contributed by atoms with E-state index in [4.69, 9.17) is 11.6 Å². The molecule has 0 radical (unpaired) electrons. The molecule has 0 fully saturated rings. The summed E-state index contributed by atoms with van der Waals surface area (Å²) in [5.41, 5.74) is 3.78. The monoisotopic (exact) mass is 347 g/mol. The van der Waals surface area contributed by atoms with Crippen molar-refractivity contribution in [3.63, 3.8) is 0 Å². The smallest absolute Gasteiger partial charge is 0.230 e. The van der Waals surface area contributed by atoms with Crippen molar-refractivity contribution in [1.29, 1.82) is 0 Å². The number of carbonyl (C=O) groups is 1. The molecule has 0 spiro atoms. The molecule has 1 amide bonds. The van der Waals surface area contributed by atoms with Crippen molar-refractivity contribution in [2.75, 3.05) is 12.3 Å². The van der Waals surface area contributed by atoms with Crippen molar-refractivity contribution >= 4 is 29.3 Å². The fraction of sp³-hybridized carbons (Fsp3) is 0.316. The summed E-state index contributed by atoms with van der Waals surface area (Å²) in [7, 11) is 0. The van der Waals surface area contributed by atoms with Crippen molar-refractivity contribution in [3.05, 3.63) is 70.2 Å². The van der Waals surface area contributed by atoms with E-state index in [1.165, 1.54) is 16.7 Å². The number of halogens is 1. The van der Waals surface area contributed by atoms with Gasteiger partial charge in [0.05, 0.1) is 5.75 Å². The van der Waals surface area contributed by atoms with Crippen LogP contribution < -0.4 is 5.32 Å². The van der Waals surface area contributed by atoms with Gasteiger partial charge in [0, 0.05) is 17.3 Å². The number of benzene rings is 2. The van der Waals surface area contributed by atoms with Crippen molar-refractivity contribution in [2.45, 2.75) is 25.5 Å². The Bertz CT molecular complexity index is 628. The fourth-order valence-corrected chi connectivity index (χ4v) is 3.22. The molecule has 0 atom stereocenters. The van der Waals surface area contributed by atoms with Gasteiger partial charge < -0.3 is 5.32 Å². The summed E-state index contributed by atoms with van der Waals surface area (Å²) in [5, 5.41) is 3.73. The second-order valence-electron chi connectivity index (χ2n) is 5.56. The number of rotatable bonds is 8. The number of thioether (sulfide) groups is 1. The van der Waals surface area contributed by atoms with E-state index in [-0.39, 0.29) is 5.91 Å². The van der Waals surface area contributed by atoms with Gasteiger partial charge in [-0.1, -0.05) is 53.6 Å². The first-order valence-electron chi connectivity index (χ1n) is 7.78. The molecule has 0 saturated heterocycles. The average molecular weight is 348 g/mol. The van der Waals surface area contributed by atoms with Crippen LogP contribution in [0, 0.1) is 6.92 Å². The summed E-state index contributed by atoms with van der Waals surface area (Å²) in [5.74, 6) is 1.49. The van der Waals surface area contributed by atoms with Crippen molar-refractivity contribution < 1.29 is 4.79 Å². The highest BCUT2D eigenvalue weighted by Gasteiger charge is 2.02. The van der Waals surface area contributed by atoms with Gasteiger partial charge in [-0.05, 0) is 43.0 Å². The number of aryl methyl sites for hydroxylation is 2. The maximum Gasteiger partial charge on any atom is 0.230 e. The minimum Gasteiger partial charge on any atom is -0.355 e. The average Bonchev–Trinajstić information content (AvgIpc) is 2.53. The van der Waals surface area contributed by atoms with E-state index in [2.05, 4.69) is 36.5 Å². The third kappa shape index (κ3) is 7.10. The van der Waals surface area contributed by atoms with Gasteiger partial charge in [-0.15, -0.1) is 11.8 Å². The first kappa shape index (κ1) is 17.9. The zero-order chi connectivity index (χ0) is 16.5. The maximum atomic E-state index is 11.8. The van der Waals surface area contributed by atoms with E-state index in [0.717, 1.165) is 23.6 Å². The highest BCUT2D eigenvalue weighted by molar-refractivity contribution is 7.99. The van der Waals surface area contributed by atoms with Crippen LogP contribution in [-0.4, -0.2) is 18.2 Å². The van der Waals surface area contributed by atoms with Gasteiger partial charge >= 0.3 is 0 Å². The van der Waals surface area contributed by atoms with Gasteiger partial charge in [-0.25, -0.2) is 0 Å². The normalized spacial score (nSPS) is 10.5. The van der Waals surface area contributed by atoms with Crippen LogP contribution in [0.2, 0.25) is 5.02 Å². The SMILES string of the molecule is Cc1cccc(CSCC(=O)NCCCc2ccc(Cl)cc2)c1. The zero-order valence-electron chi connectivity index (χ0n) is 13.3.